The quantitative estimate of drug-likeness (QED) is 0.282. The van der Waals surface area contributed by atoms with E-state index in [4.69, 9.17) is 41.8 Å². The van der Waals surface area contributed by atoms with E-state index in [0.29, 0.717) is 35.2 Å². The van der Waals surface area contributed by atoms with Gasteiger partial charge in [-0.05, 0) is 61.4 Å². The minimum atomic E-state index is -0.384. The molecule has 38 heavy (non-hydrogen) atoms. The van der Waals surface area contributed by atoms with Gasteiger partial charge in [0.2, 0.25) is 5.91 Å². The smallest absolute Gasteiger partial charge is 0.255 e. The maximum absolute atomic E-state index is 13.6. The Morgan fingerprint density at radius 3 is 2.29 bits per heavy atom. The van der Waals surface area contributed by atoms with Crippen molar-refractivity contribution in [2.75, 3.05) is 47.6 Å². The molecule has 0 unspecified atom stereocenters. The molecule has 2 aromatic carbocycles. The van der Waals surface area contributed by atoms with Crippen LogP contribution in [0.15, 0.2) is 52.9 Å². The van der Waals surface area contributed by atoms with E-state index in [1.807, 2.05) is 37.3 Å². The van der Waals surface area contributed by atoms with Crippen molar-refractivity contribution in [2.24, 2.45) is 0 Å². The van der Waals surface area contributed by atoms with Crippen molar-refractivity contribution >= 4 is 35.0 Å². The minimum Gasteiger partial charge on any atom is -0.493 e. The third-order valence-corrected chi connectivity index (χ3v) is 6.50. The topological polar surface area (TPSA) is 81.5 Å². The van der Waals surface area contributed by atoms with Crippen LogP contribution in [-0.2, 0) is 22.5 Å². The molecular formula is C28H32Cl2N2O6. The van der Waals surface area contributed by atoms with E-state index in [9.17, 15) is 9.59 Å². The molecule has 3 rings (SSSR count). The highest BCUT2D eigenvalue weighted by atomic mass is 35.5. The molecule has 8 nitrogen and oxygen atoms in total. The Morgan fingerprint density at radius 2 is 1.66 bits per heavy atom. The lowest BCUT2D eigenvalue weighted by Gasteiger charge is -2.27. The molecule has 0 bridgehead atoms. The van der Waals surface area contributed by atoms with E-state index in [1.54, 1.807) is 31.3 Å². The molecule has 1 aromatic heterocycles. The molecular weight excluding hydrogens is 531 g/mol. The Morgan fingerprint density at radius 1 is 0.895 bits per heavy atom. The number of halogens is 2. The fraction of sp³-hybridized carbons (Fsp3) is 0.357. The molecule has 3 aromatic rings. The van der Waals surface area contributed by atoms with Crippen molar-refractivity contribution in [2.45, 2.75) is 19.9 Å². The second kappa shape index (κ2) is 14.1. The molecule has 0 N–H and O–H groups in total. The molecule has 2 amide bonds. The summed E-state index contributed by atoms with van der Waals surface area (Å²) in [6.07, 6.45) is 0.556. The summed E-state index contributed by atoms with van der Waals surface area (Å²) in [7, 11) is 4.70. The maximum Gasteiger partial charge on any atom is 0.255 e. The average molecular weight is 563 g/mol. The molecule has 0 atom stereocenters. The van der Waals surface area contributed by atoms with Gasteiger partial charge in [0.05, 0.1) is 38.0 Å². The van der Waals surface area contributed by atoms with Crippen LogP contribution >= 0.6 is 23.2 Å². The van der Waals surface area contributed by atoms with Crippen molar-refractivity contribution in [3.63, 3.8) is 0 Å². The molecule has 1 heterocycles. The van der Waals surface area contributed by atoms with Crippen molar-refractivity contribution < 1.29 is 28.2 Å². The number of furan rings is 1. The molecule has 204 valence electrons. The summed E-state index contributed by atoms with van der Waals surface area (Å²) in [5.41, 5.74) is 1.23. The Bertz CT molecular complexity index is 1250. The van der Waals surface area contributed by atoms with Crippen LogP contribution in [0, 0.1) is 6.92 Å². The first kappa shape index (κ1) is 29.4. The van der Waals surface area contributed by atoms with E-state index >= 15 is 0 Å². The number of benzene rings is 2. The first-order chi connectivity index (χ1) is 18.2. The predicted molar refractivity (Wildman–Crippen MR) is 146 cm³/mol. The van der Waals surface area contributed by atoms with Crippen molar-refractivity contribution in [3.8, 4) is 11.5 Å². The number of rotatable bonds is 13. The van der Waals surface area contributed by atoms with Gasteiger partial charge < -0.3 is 28.4 Å². The minimum absolute atomic E-state index is 0.160. The number of carbonyl (C=O) groups is 2. The number of hydrogen-bond donors (Lipinski definition) is 0. The van der Waals surface area contributed by atoms with Crippen LogP contribution < -0.4 is 9.47 Å². The van der Waals surface area contributed by atoms with Gasteiger partial charge in [-0.2, -0.15) is 0 Å². The van der Waals surface area contributed by atoms with Crippen molar-refractivity contribution in [1.82, 2.24) is 9.80 Å². The number of aryl methyl sites for hydroxylation is 1. The van der Waals surface area contributed by atoms with Gasteiger partial charge in [0, 0.05) is 25.2 Å². The van der Waals surface area contributed by atoms with E-state index in [2.05, 4.69) is 0 Å². The molecule has 0 radical (unpaired) electrons. The van der Waals surface area contributed by atoms with Crippen molar-refractivity contribution in [1.29, 1.82) is 0 Å². The summed E-state index contributed by atoms with van der Waals surface area (Å²) >= 11 is 12.3. The van der Waals surface area contributed by atoms with Gasteiger partial charge in [0.25, 0.3) is 5.91 Å². The summed E-state index contributed by atoms with van der Waals surface area (Å²) in [4.78, 5) is 30.0. The van der Waals surface area contributed by atoms with Gasteiger partial charge in [-0.15, -0.1) is 0 Å². The standard InChI is InChI=1S/C28H32Cl2N2O6/c1-19-5-8-22(38-19)17-31(12-11-20-6-10-25(36-3)26(15-20)37-4)27(33)18-32(13-14-35-2)28(34)23-9-7-21(29)16-24(23)30/h5-10,15-16H,11-14,17-18H2,1-4H3. The highest BCUT2D eigenvalue weighted by Crippen LogP contribution is 2.28. The van der Waals surface area contributed by atoms with E-state index < -0.39 is 0 Å². The lowest BCUT2D eigenvalue weighted by molar-refractivity contribution is -0.132. The SMILES string of the molecule is COCCN(CC(=O)N(CCc1ccc(OC)c(OC)c1)Cc1ccc(C)o1)C(=O)c1ccc(Cl)cc1Cl. The van der Waals surface area contributed by atoms with E-state index in [-0.39, 0.29) is 48.6 Å². The first-order valence-electron chi connectivity index (χ1n) is 12.0. The largest absolute Gasteiger partial charge is 0.493 e. The molecule has 0 fully saturated rings. The fourth-order valence-electron chi connectivity index (χ4n) is 3.90. The zero-order valence-electron chi connectivity index (χ0n) is 22.0. The second-order valence-electron chi connectivity index (χ2n) is 8.61. The lowest BCUT2D eigenvalue weighted by Crippen LogP contribution is -2.44. The predicted octanol–water partition coefficient (Wildman–Crippen LogP) is 5.27. The Balaban J connectivity index is 1.81. The van der Waals surface area contributed by atoms with Crippen LogP contribution in [0.3, 0.4) is 0 Å². The highest BCUT2D eigenvalue weighted by molar-refractivity contribution is 6.36. The first-order valence-corrected chi connectivity index (χ1v) is 12.8. The van der Waals surface area contributed by atoms with Gasteiger partial charge >= 0.3 is 0 Å². The lowest BCUT2D eigenvalue weighted by atomic mass is 10.1. The molecule has 0 aliphatic heterocycles. The number of ether oxygens (including phenoxy) is 3. The third-order valence-electron chi connectivity index (χ3n) is 5.95. The maximum atomic E-state index is 13.6. The number of carbonyl (C=O) groups excluding carboxylic acids is 2. The number of methoxy groups -OCH3 is 3. The van der Waals surface area contributed by atoms with Crippen LogP contribution in [0.5, 0.6) is 11.5 Å². The molecule has 0 aliphatic rings. The van der Waals surface area contributed by atoms with Gasteiger partial charge in [-0.25, -0.2) is 0 Å². The van der Waals surface area contributed by atoms with Gasteiger partial charge in [0.15, 0.2) is 11.5 Å². The molecule has 0 spiro atoms. The third kappa shape index (κ3) is 7.90. The van der Waals surface area contributed by atoms with E-state index in [1.165, 1.54) is 18.1 Å². The van der Waals surface area contributed by atoms with Crippen LogP contribution in [0.1, 0.15) is 27.4 Å². The molecule has 0 saturated heterocycles. The van der Waals surface area contributed by atoms with Crippen LogP contribution in [0.25, 0.3) is 0 Å². The zero-order chi connectivity index (χ0) is 27.7. The average Bonchev–Trinajstić information content (AvgIpc) is 3.32. The molecule has 0 aliphatic carbocycles. The van der Waals surface area contributed by atoms with Gasteiger partial charge in [0.1, 0.15) is 18.1 Å². The summed E-state index contributed by atoms with van der Waals surface area (Å²) in [6.45, 7) is 2.81. The Kier molecular flexibility index (Phi) is 10.9. The number of amides is 2. The highest BCUT2D eigenvalue weighted by Gasteiger charge is 2.24. The fourth-order valence-corrected chi connectivity index (χ4v) is 4.39. The zero-order valence-corrected chi connectivity index (χ0v) is 23.5. The van der Waals surface area contributed by atoms with Crippen LogP contribution in [-0.4, -0.2) is 69.2 Å². The monoisotopic (exact) mass is 562 g/mol. The van der Waals surface area contributed by atoms with Crippen LogP contribution in [0.2, 0.25) is 10.0 Å². The summed E-state index contributed by atoms with van der Waals surface area (Å²) in [6, 6.07) is 14.0. The molecule has 10 heteroatoms. The van der Waals surface area contributed by atoms with Gasteiger partial charge in [-0.3, -0.25) is 9.59 Å². The van der Waals surface area contributed by atoms with Crippen molar-refractivity contribution in [3.05, 3.63) is 81.2 Å². The summed E-state index contributed by atoms with van der Waals surface area (Å²) in [5, 5.41) is 0.634. The Hall–Kier alpha value is -3.20. The summed E-state index contributed by atoms with van der Waals surface area (Å²) < 4.78 is 21.6. The number of hydrogen-bond acceptors (Lipinski definition) is 6. The van der Waals surface area contributed by atoms with E-state index in [0.717, 1.165) is 11.3 Å². The Labute approximate surface area is 233 Å². The normalized spacial score (nSPS) is 10.8. The van der Waals surface area contributed by atoms with Gasteiger partial charge in [-0.1, -0.05) is 29.3 Å². The molecule has 0 saturated carbocycles. The van der Waals surface area contributed by atoms with Crippen LogP contribution in [0.4, 0.5) is 0 Å². The second-order valence-corrected chi connectivity index (χ2v) is 9.45. The number of nitrogens with zero attached hydrogens (tertiary/aromatic N) is 2. The summed E-state index contributed by atoms with van der Waals surface area (Å²) in [5.74, 6) is 2.02.